The molecule has 1 aromatic carbocycles. The zero-order valence-corrected chi connectivity index (χ0v) is 17.1. The van der Waals surface area contributed by atoms with Crippen molar-refractivity contribution in [3.8, 4) is 5.75 Å². The molecule has 3 aromatic rings. The molecule has 4 rings (SSSR count). The lowest BCUT2D eigenvalue weighted by molar-refractivity contribution is -0.174. The molecule has 0 saturated heterocycles. The summed E-state index contributed by atoms with van der Waals surface area (Å²) in [7, 11) is 0. The van der Waals surface area contributed by atoms with Crippen LogP contribution in [-0.4, -0.2) is 27.0 Å². The summed E-state index contributed by atoms with van der Waals surface area (Å²) < 4.78 is 47.4. The number of hydrogen-bond acceptors (Lipinski definition) is 5. The number of aryl methyl sites for hydroxylation is 1. The van der Waals surface area contributed by atoms with Gasteiger partial charge >= 0.3 is 6.18 Å². The number of nitrogens with zero attached hydrogens (tertiary/aromatic N) is 2. The van der Waals surface area contributed by atoms with Crippen LogP contribution in [0, 0.1) is 6.92 Å². The summed E-state index contributed by atoms with van der Waals surface area (Å²) in [6.45, 7) is 1.77. The molecule has 3 N–H and O–H groups in total. The molecule has 158 valence electrons. The normalized spacial score (nSPS) is 18.6. The van der Waals surface area contributed by atoms with Gasteiger partial charge in [-0.2, -0.15) is 18.3 Å². The molecular formula is C19H16BrF3N4O3. The van der Waals surface area contributed by atoms with Crippen molar-refractivity contribution in [3.63, 3.8) is 0 Å². The SMILES string of the molecule is Cc1ccc(O)c(NC(=O)c2nn3c(c2Br)N[C@H](c2ccco2)C[C@H]3C(F)(F)F)c1. The van der Waals surface area contributed by atoms with E-state index in [1.54, 1.807) is 31.2 Å². The molecule has 2 atom stereocenters. The standard InChI is InChI=1S/C19H16BrF3N4O3/c1-9-4-5-12(28)10(7-9)25-18(29)16-15(20)17-24-11(13-3-2-6-30-13)8-14(19(21,22)23)27(17)26-16/h2-7,11,14,24,28H,8H2,1H3,(H,25,29)/t11-,14-/m0/s1. The van der Waals surface area contributed by atoms with E-state index in [9.17, 15) is 23.1 Å². The molecule has 0 radical (unpaired) electrons. The van der Waals surface area contributed by atoms with Gasteiger partial charge in [-0.25, -0.2) is 4.68 Å². The number of amides is 1. The predicted octanol–water partition coefficient (Wildman–Crippen LogP) is 5.17. The molecule has 0 unspecified atom stereocenters. The van der Waals surface area contributed by atoms with E-state index < -0.39 is 24.2 Å². The van der Waals surface area contributed by atoms with Crippen LogP contribution in [0.2, 0.25) is 0 Å². The quantitative estimate of drug-likeness (QED) is 0.446. The molecule has 1 aliphatic rings. The molecule has 0 aliphatic carbocycles. The maximum absolute atomic E-state index is 13.8. The van der Waals surface area contributed by atoms with E-state index in [0.29, 0.717) is 5.76 Å². The minimum Gasteiger partial charge on any atom is -0.506 e. The Morgan fingerprint density at radius 2 is 2.17 bits per heavy atom. The maximum atomic E-state index is 13.8. The second-order valence-corrected chi connectivity index (χ2v) is 7.73. The number of halogens is 4. The lowest BCUT2D eigenvalue weighted by atomic mass is 10.0. The number of anilines is 2. The molecule has 2 aromatic heterocycles. The van der Waals surface area contributed by atoms with E-state index in [2.05, 4.69) is 31.7 Å². The van der Waals surface area contributed by atoms with Gasteiger partial charge in [-0.1, -0.05) is 6.07 Å². The molecule has 11 heteroatoms. The fraction of sp³-hybridized carbons (Fsp3) is 0.263. The first kappa shape index (κ1) is 20.3. The second kappa shape index (κ2) is 7.38. The predicted molar refractivity (Wildman–Crippen MR) is 106 cm³/mol. The average Bonchev–Trinajstić information content (AvgIpc) is 3.32. The Morgan fingerprint density at radius 3 is 2.83 bits per heavy atom. The van der Waals surface area contributed by atoms with Crippen molar-refractivity contribution in [2.45, 2.75) is 31.6 Å². The van der Waals surface area contributed by atoms with Gasteiger partial charge in [-0.15, -0.1) is 0 Å². The molecule has 1 amide bonds. The highest BCUT2D eigenvalue weighted by Crippen LogP contribution is 2.46. The number of benzene rings is 1. The summed E-state index contributed by atoms with van der Waals surface area (Å²) >= 11 is 3.20. The number of alkyl halides is 3. The summed E-state index contributed by atoms with van der Waals surface area (Å²) in [5, 5.41) is 19.3. The van der Waals surface area contributed by atoms with E-state index in [1.165, 1.54) is 12.3 Å². The number of carbonyl (C=O) groups is 1. The lowest BCUT2D eigenvalue weighted by Gasteiger charge is -2.32. The molecule has 7 nitrogen and oxygen atoms in total. The van der Waals surface area contributed by atoms with Crippen LogP contribution in [0.4, 0.5) is 24.7 Å². The molecule has 0 fully saturated rings. The van der Waals surface area contributed by atoms with Crippen molar-refractivity contribution in [3.05, 3.63) is 58.1 Å². The number of phenolic OH excluding ortho intramolecular Hbond substituents is 1. The fourth-order valence-electron chi connectivity index (χ4n) is 3.34. The van der Waals surface area contributed by atoms with Crippen molar-refractivity contribution in [1.29, 1.82) is 0 Å². The Kier molecular flexibility index (Phi) is 5.00. The number of rotatable bonds is 3. The molecule has 30 heavy (non-hydrogen) atoms. The number of fused-ring (bicyclic) bond motifs is 1. The second-order valence-electron chi connectivity index (χ2n) is 6.94. The zero-order chi connectivity index (χ0) is 21.6. The molecular weight excluding hydrogens is 469 g/mol. The van der Waals surface area contributed by atoms with Gasteiger partial charge in [-0.05, 0) is 52.7 Å². The number of furan rings is 1. The highest BCUT2D eigenvalue weighted by atomic mass is 79.9. The third kappa shape index (κ3) is 3.64. The summed E-state index contributed by atoms with van der Waals surface area (Å²) in [5.74, 6) is -0.567. The molecule has 0 saturated carbocycles. The van der Waals surface area contributed by atoms with Crippen molar-refractivity contribution >= 4 is 33.3 Å². The van der Waals surface area contributed by atoms with Crippen LogP contribution in [0.3, 0.4) is 0 Å². The van der Waals surface area contributed by atoms with Crippen LogP contribution >= 0.6 is 15.9 Å². The zero-order valence-electron chi connectivity index (χ0n) is 15.5. The third-order valence-electron chi connectivity index (χ3n) is 4.80. The number of hydrogen-bond donors (Lipinski definition) is 3. The largest absolute Gasteiger partial charge is 0.506 e. The number of aromatic nitrogens is 2. The van der Waals surface area contributed by atoms with Gasteiger partial charge in [0, 0.05) is 6.42 Å². The Bertz CT molecular complexity index is 1100. The summed E-state index contributed by atoms with van der Waals surface area (Å²) in [6, 6.07) is 5.09. The van der Waals surface area contributed by atoms with Gasteiger partial charge in [-0.3, -0.25) is 4.79 Å². The first-order chi connectivity index (χ1) is 14.1. The van der Waals surface area contributed by atoms with E-state index in [-0.39, 0.29) is 33.8 Å². The minimum atomic E-state index is -4.59. The minimum absolute atomic E-state index is 0.0172. The Morgan fingerprint density at radius 1 is 1.40 bits per heavy atom. The molecule has 1 aliphatic heterocycles. The number of phenols is 1. The van der Waals surface area contributed by atoms with E-state index >= 15 is 0 Å². The third-order valence-corrected chi connectivity index (χ3v) is 5.55. The monoisotopic (exact) mass is 484 g/mol. The van der Waals surface area contributed by atoms with Gasteiger partial charge < -0.3 is 20.2 Å². The summed E-state index contributed by atoms with van der Waals surface area (Å²) in [4.78, 5) is 12.7. The topological polar surface area (TPSA) is 92.3 Å². The highest BCUT2D eigenvalue weighted by molar-refractivity contribution is 9.10. The van der Waals surface area contributed by atoms with Gasteiger partial charge in [0.05, 0.1) is 22.5 Å². The number of aromatic hydroxyl groups is 1. The highest BCUT2D eigenvalue weighted by Gasteiger charge is 2.48. The van der Waals surface area contributed by atoms with Crippen molar-refractivity contribution in [1.82, 2.24) is 9.78 Å². The Hall–Kier alpha value is -2.95. The Labute approximate surface area is 177 Å². The summed E-state index contributed by atoms with van der Waals surface area (Å²) in [5.41, 5.74) is 0.672. The van der Waals surface area contributed by atoms with E-state index in [1.807, 2.05) is 0 Å². The molecule has 3 heterocycles. The molecule has 0 spiro atoms. The van der Waals surface area contributed by atoms with Crippen LogP contribution in [-0.2, 0) is 0 Å². The van der Waals surface area contributed by atoms with Crippen molar-refractivity contribution in [2.75, 3.05) is 10.6 Å². The van der Waals surface area contributed by atoms with Crippen molar-refractivity contribution < 1.29 is 27.5 Å². The van der Waals surface area contributed by atoms with Crippen molar-refractivity contribution in [2.24, 2.45) is 0 Å². The smallest absolute Gasteiger partial charge is 0.410 e. The van der Waals surface area contributed by atoms with Crippen LogP contribution in [0.15, 0.2) is 45.5 Å². The molecule has 0 bridgehead atoms. The van der Waals surface area contributed by atoms with E-state index in [4.69, 9.17) is 4.42 Å². The maximum Gasteiger partial charge on any atom is 0.410 e. The Balaban J connectivity index is 1.71. The first-order valence-electron chi connectivity index (χ1n) is 8.90. The van der Waals surface area contributed by atoms with E-state index in [0.717, 1.165) is 10.2 Å². The average molecular weight is 485 g/mol. The van der Waals surface area contributed by atoms with Crippen LogP contribution in [0.5, 0.6) is 5.75 Å². The van der Waals surface area contributed by atoms with Crippen LogP contribution in [0.25, 0.3) is 0 Å². The van der Waals surface area contributed by atoms with Crippen LogP contribution in [0.1, 0.15) is 40.3 Å². The fourth-order valence-corrected chi connectivity index (χ4v) is 3.90. The van der Waals surface area contributed by atoms with Crippen LogP contribution < -0.4 is 10.6 Å². The number of nitrogens with one attached hydrogen (secondary N) is 2. The first-order valence-corrected chi connectivity index (χ1v) is 9.70. The number of carbonyl (C=O) groups excluding carboxylic acids is 1. The lowest BCUT2D eigenvalue weighted by Crippen LogP contribution is -2.35. The van der Waals surface area contributed by atoms with Gasteiger partial charge in [0.25, 0.3) is 5.91 Å². The summed E-state index contributed by atoms with van der Waals surface area (Å²) in [6.07, 6.45) is -3.55. The van der Waals surface area contributed by atoms with Gasteiger partial charge in [0.2, 0.25) is 0 Å². The van der Waals surface area contributed by atoms with Gasteiger partial charge in [0.15, 0.2) is 11.7 Å². The van der Waals surface area contributed by atoms with Gasteiger partial charge in [0.1, 0.15) is 17.3 Å².